The zero-order valence-electron chi connectivity index (χ0n) is 8.36. The number of aliphatic carboxylic acids is 1. The number of halogens is 1. The molecule has 1 unspecified atom stereocenters. The van der Waals surface area contributed by atoms with Crippen molar-refractivity contribution in [2.24, 2.45) is 0 Å². The Morgan fingerprint density at radius 3 is 2.60 bits per heavy atom. The Balaban J connectivity index is 3.26. The third-order valence-corrected chi connectivity index (χ3v) is 2.28. The van der Waals surface area contributed by atoms with Crippen molar-refractivity contribution in [3.63, 3.8) is 0 Å². The van der Waals surface area contributed by atoms with E-state index in [-0.39, 0.29) is 0 Å². The summed E-state index contributed by atoms with van der Waals surface area (Å²) in [5.74, 6) is -0.708. The molecule has 5 heteroatoms. The maximum atomic E-state index is 10.9. The number of carboxylic acids is 1. The van der Waals surface area contributed by atoms with Crippen molar-refractivity contribution in [2.45, 2.75) is 6.10 Å². The molecule has 4 nitrogen and oxygen atoms in total. The van der Waals surface area contributed by atoms with Gasteiger partial charge in [0.25, 0.3) is 0 Å². The van der Waals surface area contributed by atoms with E-state index in [1.807, 2.05) is 0 Å². The van der Waals surface area contributed by atoms with Crippen molar-refractivity contribution in [1.82, 2.24) is 0 Å². The lowest BCUT2D eigenvalue weighted by molar-refractivity contribution is -0.149. The molecule has 0 saturated carbocycles. The van der Waals surface area contributed by atoms with Gasteiger partial charge in [-0.3, -0.25) is 0 Å². The van der Waals surface area contributed by atoms with E-state index in [0.717, 1.165) is 0 Å². The summed E-state index contributed by atoms with van der Waals surface area (Å²) in [4.78, 5) is 10.9. The van der Waals surface area contributed by atoms with E-state index in [4.69, 9.17) is 26.2 Å². The number of rotatable bonds is 4. The van der Waals surface area contributed by atoms with Gasteiger partial charge in [0.05, 0.1) is 17.7 Å². The molecule has 0 aromatic heterocycles. The number of hydrogen-bond donors (Lipinski definition) is 1. The van der Waals surface area contributed by atoms with Crippen LogP contribution in [-0.4, -0.2) is 25.3 Å². The molecule has 15 heavy (non-hydrogen) atoms. The molecule has 0 bridgehead atoms. The first-order valence-electron chi connectivity index (χ1n) is 4.19. The highest BCUT2D eigenvalue weighted by Crippen LogP contribution is 2.33. The number of ether oxygens (including phenoxy) is 2. The van der Waals surface area contributed by atoms with Gasteiger partial charge in [-0.05, 0) is 12.1 Å². The molecule has 0 radical (unpaired) electrons. The van der Waals surface area contributed by atoms with Gasteiger partial charge in [0, 0.05) is 7.11 Å². The van der Waals surface area contributed by atoms with Crippen LogP contribution >= 0.6 is 11.6 Å². The molecule has 1 atom stereocenters. The lowest BCUT2D eigenvalue weighted by Gasteiger charge is -2.15. The van der Waals surface area contributed by atoms with Crippen molar-refractivity contribution in [1.29, 1.82) is 0 Å². The summed E-state index contributed by atoms with van der Waals surface area (Å²) >= 11 is 5.90. The lowest BCUT2D eigenvalue weighted by Crippen LogP contribution is -2.15. The third kappa shape index (κ3) is 2.40. The third-order valence-electron chi connectivity index (χ3n) is 1.96. The zero-order valence-corrected chi connectivity index (χ0v) is 9.12. The smallest absolute Gasteiger partial charge is 0.337 e. The average molecular weight is 231 g/mol. The van der Waals surface area contributed by atoms with E-state index in [0.29, 0.717) is 16.3 Å². The van der Waals surface area contributed by atoms with Crippen LogP contribution in [-0.2, 0) is 9.53 Å². The molecule has 0 saturated heterocycles. The van der Waals surface area contributed by atoms with E-state index in [2.05, 4.69) is 0 Å². The molecular weight excluding hydrogens is 220 g/mol. The Morgan fingerprint density at radius 2 is 2.13 bits per heavy atom. The van der Waals surface area contributed by atoms with E-state index in [1.165, 1.54) is 14.2 Å². The van der Waals surface area contributed by atoms with Gasteiger partial charge in [0.15, 0.2) is 6.10 Å². The Kier molecular flexibility index (Phi) is 3.94. The minimum atomic E-state index is -1.12. The van der Waals surface area contributed by atoms with Crippen LogP contribution in [0.25, 0.3) is 0 Å². The van der Waals surface area contributed by atoms with Crippen LogP contribution in [0, 0.1) is 0 Å². The Bertz CT molecular complexity index is 364. The largest absolute Gasteiger partial charge is 0.496 e. The molecular formula is C10H11ClO4. The minimum Gasteiger partial charge on any atom is -0.496 e. The van der Waals surface area contributed by atoms with Crippen LogP contribution in [0.2, 0.25) is 5.02 Å². The number of methoxy groups -OCH3 is 2. The van der Waals surface area contributed by atoms with Gasteiger partial charge in [-0.25, -0.2) is 4.79 Å². The lowest BCUT2D eigenvalue weighted by atomic mass is 10.1. The van der Waals surface area contributed by atoms with E-state index < -0.39 is 12.1 Å². The Labute approximate surface area is 92.4 Å². The van der Waals surface area contributed by atoms with Crippen LogP contribution in [0.1, 0.15) is 11.7 Å². The van der Waals surface area contributed by atoms with Crippen LogP contribution in [0.4, 0.5) is 0 Å². The standard InChI is InChI=1S/C10H11ClO4/c1-14-7-5-3-4-6(11)8(7)9(15-2)10(12)13/h3-5,9H,1-2H3,(H,12,13). The molecule has 1 aromatic rings. The monoisotopic (exact) mass is 230 g/mol. The van der Waals surface area contributed by atoms with Gasteiger partial charge in [-0.2, -0.15) is 0 Å². The molecule has 0 spiro atoms. The first-order chi connectivity index (χ1) is 7.11. The summed E-state index contributed by atoms with van der Waals surface area (Å²) in [6.45, 7) is 0. The number of benzene rings is 1. The molecule has 0 aliphatic carbocycles. The van der Waals surface area contributed by atoms with E-state index in [9.17, 15) is 4.79 Å². The van der Waals surface area contributed by atoms with Gasteiger partial charge in [0.2, 0.25) is 0 Å². The highest BCUT2D eigenvalue weighted by atomic mass is 35.5. The van der Waals surface area contributed by atoms with Crippen LogP contribution in [0.5, 0.6) is 5.75 Å². The van der Waals surface area contributed by atoms with Crippen molar-refractivity contribution in [2.75, 3.05) is 14.2 Å². The normalized spacial score (nSPS) is 12.2. The van der Waals surface area contributed by atoms with Gasteiger partial charge in [0.1, 0.15) is 5.75 Å². The summed E-state index contributed by atoms with van der Waals surface area (Å²) in [6, 6.07) is 4.91. The molecule has 0 heterocycles. The Hall–Kier alpha value is -1.26. The molecule has 0 amide bonds. The fraction of sp³-hybridized carbons (Fsp3) is 0.300. The van der Waals surface area contributed by atoms with E-state index >= 15 is 0 Å². The summed E-state index contributed by atoms with van der Waals surface area (Å²) in [6.07, 6.45) is -1.12. The van der Waals surface area contributed by atoms with Crippen molar-refractivity contribution in [3.05, 3.63) is 28.8 Å². The topological polar surface area (TPSA) is 55.8 Å². The maximum Gasteiger partial charge on any atom is 0.337 e. The molecule has 0 aliphatic rings. The van der Waals surface area contributed by atoms with Crippen LogP contribution in [0.15, 0.2) is 18.2 Å². The highest BCUT2D eigenvalue weighted by Gasteiger charge is 2.25. The summed E-state index contributed by atoms with van der Waals surface area (Å²) in [5, 5.41) is 9.24. The number of hydrogen-bond acceptors (Lipinski definition) is 3. The maximum absolute atomic E-state index is 10.9. The van der Waals surface area contributed by atoms with Gasteiger partial charge >= 0.3 is 5.97 Å². The fourth-order valence-electron chi connectivity index (χ4n) is 1.29. The average Bonchev–Trinajstić information content (AvgIpc) is 2.21. The second-order valence-corrected chi connectivity index (χ2v) is 3.22. The number of carbonyl (C=O) groups is 1. The molecule has 1 N–H and O–H groups in total. The molecule has 82 valence electrons. The second-order valence-electron chi connectivity index (χ2n) is 2.81. The fourth-order valence-corrected chi connectivity index (χ4v) is 1.56. The van der Waals surface area contributed by atoms with Gasteiger partial charge in [-0.15, -0.1) is 0 Å². The second kappa shape index (κ2) is 5.00. The van der Waals surface area contributed by atoms with Gasteiger partial charge in [-0.1, -0.05) is 17.7 Å². The molecule has 1 aromatic carbocycles. The van der Waals surface area contributed by atoms with Crippen LogP contribution in [0.3, 0.4) is 0 Å². The summed E-state index contributed by atoms with van der Waals surface area (Å²) in [5.41, 5.74) is 0.330. The predicted molar refractivity (Wildman–Crippen MR) is 55.4 cm³/mol. The predicted octanol–water partition coefficient (Wildman–Crippen LogP) is 2.12. The first-order valence-corrected chi connectivity index (χ1v) is 4.57. The molecule has 0 fully saturated rings. The van der Waals surface area contributed by atoms with Gasteiger partial charge < -0.3 is 14.6 Å². The van der Waals surface area contributed by atoms with E-state index in [1.54, 1.807) is 18.2 Å². The highest BCUT2D eigenvalue weighted by molar-refractivity contribution is 6.31. The minimum absolute atomic E-state index is 0.309. The SMILES string of the molecule is COc1cccc(Cl)c1C(OC)C(=O)O. The van der Waals surface area contributed by atoms with Crippen molar-refractivity contribution < 1.29 is 19.4 Å². The molecule has 1 rings (SSSR count). The first kappa shape index (κ1) is 11.8. The summed E-state index contributed by atoms with van der Waals surface area (Å²) < 4.78 is 9.89. The molecule has 0 aliphatic heterocycles. The van der Waals surface area contributed by atoms with Crippen LogP contribution < -0.4 is 4.74 Å². The quantitative estimate of drug-likeness (QED) is 0.861. The zero-order chi connectivity index (χ0) is 11.4. The van der Waals surface area contributed by atoms with Crippen molar-refractivity contribution in [3.8, 4) is 5.75 Å². The summed E-state index contributed by atoms with van der Waals surface area (Å²) in [7, 11) is 2.76. The van der Waals surface area contributed by atoms with Crippen molar-refractivity contribution >= 4 is 17.6 Å². The Morgan fingerprint density at radius 1 is 1.47 bits per heavy atom. The number of carboxylic acid groups (broad SMARTS) is 1.